The van der Waals surface area contributed by atoms with Crippen molar-refractivity contribution in [3.05, 3.63) is 35.7 Å². The van der Waals surface area contributed by atoms with Crippen molar-refractivity contribution in [2.24, 2.45) is 0 Å². The highest BCUT2D eigenvalue weighted by Gasteiger charge is 2.07. The van der Waals surface area contributed by atoms with Crippen molar-refractivity contribution < 1.29 is 9.53 Å². The number of hydrogen-bond donors (Lipinski definition) is 0. The standard InChI is InChI=1S/C14H16N2O2S2/c1-3-13-15-14(20-16-13)19-9-8-18-12-7-5-4-6-11(12)10(2)17/h4-7H,3,8-9H2,1-2H3. The molecule has 106 valence electrons. The molecule has 0 atom stereocenters. The summed E-state index contributed by atoms with van der Waals surface area (Å²) in [6.45, 7) is 4.12. The van der Waals surface area contributed by atoms with E-state index in [-0.39, 0.29) is 5.78 Å². The summed E-state index contributed by atoms with van der Waals surface area (Å²) in [5.74, 6) is 2.34. The van der Waals surface area contributed by atoms with E-state index in [4.69, 9.17) is 4.74 Å². The van der Waals surface area contributed by atoms with Crippen LogP contribution in [0.5, 0.6) is 5.75 Å². The van der Waals surface area contributed by atoms with E-state index in [1.54, 1.807) is 24.8 Å². The molecule has 2 rings (SSSR count). The second-order valence-corrected chi connectivity index (χ2v) is 6.17. The molecule has 6 heteroatoms. The van der Waals surface area contributed by atoms with Crippen molar-refractivity contribution in [3.63, 3.8) is 0 Å². The molecule has 0 aliphatic rings. The third-order valence-corrected chi connectivity index (χ3v) is 4.43. The first-order valence-electron chi connectivity index (χ1n) is 6.39. The molecule has 2 aromatic rings. The van der Waals surface area contributed by atoms with Crippen molar-refractivity contribution in [1.29, 1.82) is 0 Å². The Hall–Kier alpha value is -1.40. The van der Waals surface area contributed by atoms with Gasteiger partial charge in [0.15, 0.2) is 10.1 Å². The maximum absolute atomic E-state index is 11.5. The van der Waals surface area contributed by atoms with Crippen LogP contribution in [0.4, 0.5) is 0 Å². The van der Waals surface area contributed by atoms with E-state index in [9.17, 15) is 4.79 Å². The van der Waals surface area contributed by atoms with Crippen LogP contribution in [0.2, 0.25) is 0 Å². The lowest BCUT2D eigenvalue weighted by atomic mass is 10.1. The van der Waals surface area contributed by atoms with Crippen LogP contribution in [0.25, 0.3) is 0 Å². The number of ether oxygens (including phenoxy) is 1. The molecule has 1 aromatic heterocycles. The van der Waals surface area contributed by atoms with Crippen LogP contribution in [0.3, 0.4) is 0 Å². The zero-order valence-corrected chi connectivity index (χ0v) is 13.1. The minimum absolute atomic E-state index is 0.0185. The van der Waals surface area contributed by atoms with Crippen LogP contribution >= 0.6 is 23.3 Å². The zero-order valence-electron chi connectivity index (χ0n) is 11.5. The van der Waals surface area contributed by atoms with E-state index in [1.807, 2.05) is 25.1 Å². The van der Waals surface area contributed by atoms with Gasteiger partial charge >= 0.3 is 0 Å². The molecule has 0 radical (unpaired) electrons. The molecule has 0 N–H and O–H groups in total. The molecule has 20 heavy (non-hydrogen) atoms. The van der Waals surface area contributed by atoms with Gasteiger partial charge in [-0.05, 0) is 30.6 Å². The van der Waals surface area contributed by atoms with Crippen LogP contribution in [-0.4, -0.2) is 27.5 Å². The molecule has 1 aromatic carbocycles. The Kier molecular flexibility index (Phi) is 5.55. The van der Waals surface area contributed by atoms with Gasteiger partial charge in [-0.2, -0.15) is 4.37 Å². The molecular weight excluding hydrogens is 292 g/mol. The smallest absolute Gasteiger partial charge is 0.170 e. The SMILES string of the molecule is CCc1nsc(SCCOc2ccccc2C(C)=O)n1. The average Bonchev–Trinajstić information content (AvgIpc) is 2.92. The Bertz CT molecular complexity index is 584. The van der Waals surface area contributed by atoms with Crippen LogP contribution < -0.4 is 4.74 Å². The summed E-state index contributed by atoms with van der Waals surface area (Å²) in [6, 6.07) is 7.31. The van der Waals surface area contributed by atoms with E-state index >= 15 is 0 Å². The molecule has 0 fully saturated rings. The highest BCUT2D eigenvalue weighted by Crippen LogP contribution is 2.22. The largest absolute Gasteiger partial charge is 0.492 e. The third kappa shape index (κ3) is 4.05. The van der Waals surface area contributed by atoms with Crippen LogP contribution in [-0.2, 0) is 6.42 Å². The second-order valence-electron chi connectivity index (χ2n) is 4.08. The topological polar surface area (TPSA) is 52.1 Å². The van der Waals surface area contributed by atoms with Crippen molar-refractivity contribution in [3.8, 4) is 5.75 Å². The molecule has 0 saturated carbocycles. The predicted octanol–water partition coefficient (Wildman–Crippen LogP) is 3.47. The van der Waals surface area contributed by atoms with E-state index in [0.29, 0.717) is 17.9 Å². The van der Waals surface area contributed by atoms with Gasteiger partial charge in [-0.25, -0.2) is 4.98 Å². The first-order valence-corrected chi connectivity index (χ1v) is 8.14. The summed E-state index contributed by atoms with van der Waals surface area (Å²) in [6.07, 6.45) is 0.861. The number of nitrogens with zero attached hydrogens (tertiary/aromatic N) is 2. The molecule has 4 nitrogen and oxygen atoms in total. The summed E-state index contributed by atoms with van der Waals surface area (Å²) in [4.78, 5) is 15.8. The number of carbonyl (C=O) groups excluding carboxylic acids is 1. The Balaban J connectivity index is 1.83. The number of carbonyl (C=O) groups is 1. The fourth-order valence-corrected chi connectivity index (χ4v) is 3.19. The van der Waals surface area contributed by atoms with Crippen LogP contribution in [0.15, 0.2) is 28.6 Å². The second kappa shape index (κ2) is 7.40. The number of aryl methyl sites for hydroxylation is 1. The van der Waals surface area contributed by atoms with Crippen LogP contribution in [0, 0.1) is 0 Å². The van der Waals surface area contributed by atoms with Crippen LogP contribution in [0.1, 0.15) is 30.0 Å². The fraction of sp³-hybridized carbons (Fsp3) is 0.357. The zero-order chi connectivity index (χ0) is 14.4. The van der Waals surface area contributed by atoms with Crippen molar-refractivity contribution >= 4 is 29.1 Å². The van der Waals surface area contributed by atoms with Gasteiger partial charge in [0.25, 0.3) is 0 Å². The molecule has 0 unspecified atom stereocenters. The van der Waals surface area contributed by atoms with E-state index in [0.717, 1.165) is 22.3 Å². The number of benzene rings is 1. The molecule has 0 bridgehead atoms. The molecule has 0 saturated heterocycles. The molecule has 0 amide bonds. The third-order valence-electron chi connectivity index (χ3n) is 2.60. The first kappa shape index (κ1) is 15.0. The summed E-state index contributed by atoms with van der Waals surface area (Å²) in [7, 11) is 0. The normalized spacial score (nSPS) is 10.5. The van der Waals surface area contributed by atoms with Crippen molar-refractivity contribution in [2.45, 2.75) is 24.6 Å². The predicted molar refractivity (Wildman–Crippen MR) is 82.0 cm³/mol. The number of Topliss-reactive ketones (excluding diaryl/α,β-unsaturated/α-hetero) is 1. The Morgan fingerprint density at radius 1 is 1.40 bits per heavy atom. The number of hydrogen-bond acceptors (Lipinski definition) is 6. The van der Waals surface area contributed by atoms with Gasteiger partial charge in [0, 0.05) is 12.2 Å². The number of thioether (sulfide) groups is 1. The highest BCUT2D eigenvalue weighted by atomic mass is 32.2. The summed E-state index contributed by atoms with van der Waals surface area (Å²) >= 11 is 3.05. The number of aromatic nitrogens is 2. The monoisotopic (exact) mass is 308 g/mol. The minimum atomic E-state index is 0.0185. The highest BCUT2D eigenvalue weighted by molar-refractivity contribution is 8.00. The quantitative estimate of drug-likeness (QED) is 0.445. The average molecular weight is 308 g/mol. The molecule has 1 heterocycles. The molecular formula is C14H16N2O2S2. The first-order chi connectivity index (χ1) is 9.70. The maximum Gasteiger partial charge on any atom is 0.170 e. The number of ketones is 1. The van der Waals surface area contributed by atoms with Gasteiger partial charge in [-0.1, -0.05) is 30.8 Å². The van der Waals surface area contributed by atoms with Gasteiger partial charge in [-0.15, -0.1) is 0 Å². The Morgan fingerprint density at radius 3 is 2.90 bits per heavy atom. The van der Waals surface area contributed by atoms with Crippen molar-refractivity contribution in [2.75, 3.05) is 12.4 Å². The van der Waals surface area contributed by atoms with E-state index in [2.05, 4.69) is 9.36 Å². The maximum atomic E-state index is 11.5. The summed E-state index contributed by atoms with van der Waals surface area (Å²) in [5, 5.41) is 0. The Morgan fingerprint density at radius 2 is 2.20 bits per heavy atom. The molecule has 0 aliphatic carbocycles. The van der Waals surface area contributed by atoms with Gasteiger partial charge < -0.3 is 4.74 Å². The Labute approximate surface area is 126 Å². The lowest BCUT2D eigenvalue weighted by molar-refractivity contribution is 0.101. The van der Waals surface area contributed by atoms with Gasteiger partial charge in [0.05, 0.1) is 12.2 Å². The summed E-state index contributed by atoms with van der Waals surface area (Å²) in [5.41, 5.74) is 0.627. The molecule has 0 aliphatic heterocycles. The van der Waals surface area contributed by atoms with E-state index in [1.165, 1.54) is 11.5 Å². The summed E-state index contributed by atoms with van der Waals surface area (Å²) < 4.78 is 10.9. The lowest BCUT2D eigenvalue weighted by Crippen LogP contribution is -2.04. The number of rotatable bonds is 7. The lowest BCUT2D eigenvalue weighted by Gasteiger charge is -2.08. The fourth-order valence-electron chi connectivity index (χ4n) is 1.60. The van der Waals surface area contributed by atoms with Gasteiger partial charge in [0.2, 0.25) is 0 Å². The number of para-hydroxylation sites is 1. The van der Waals surface area contributed by atoms with Crippen molar-refractivity contribution in [1.82, 2.24) is 9.36 Å². The molecule has 0 spiro atoms. The van der Waals surface area contributed by atoms with E-state index < -0.39 is 0 Å². The van der Waals surface area contributed by atoms with Gasteiger partial charge in [0.1, 0.15) is 11.6 Å². The minimum Gasteiger partial charge on any atom is -0.492 e. The van der Waals surface area contributed by atoms with Gasteiger partial charge in [-0.3, -0.25) is 4.79 Å².